The van der Waals surface area contributed by atoms with Crippen LogP contribution in [0.3, 0.4) is 0 Å². The summed E-state index contributed by atoms with van der Waals surface area (Å²) in [6.45, 7) is 7.16. The third kappa shape index (κ3) is 3.64. The van der Waals surface area contributed by atoms with Crippen molar-refractivity contribution < 1.29 is 4.74 Å². The van der Waals surface area contributed by atoms with E-state index in [1.165, 1.54) is 11.6 Å². The van der Waals surface area contributed by atoms with Gasteiger partial charge in [0.25, 0.3) is 0 Å². The van der Waals surface area contributed by atoms with Gasteiger partial charge in [-0.3, -0.25) is 0 Å². The Kier molecular flexibility index (Phi) is 3.15. The molecule has 0 saturated carbocycles. The lowest BCUT2D eigenvalue weighted by atomic mass is 10.2. The minimum absolute atomic E-state index is 0.944. The Bertz CT molecular complexity index is 258. The number of hydrogen-bond donors (Lipinski definition) is 0. The fraction of sp³-hybridized carbons (Fsp3) is 0.455. The van der Waals surface area contributed by atoms with Gasteiger partial charge in [0.2, 0.25) is 0 Å². The molecule has 0 radical (unpaired) electrons. The van der Waals surface area contributed by atoms with Gasteiger partial charge in [-0.05, 0) is 18.2 Å². The molecule has 0 amide bonds. The first-order valence-electron chi connectivity index (χ1n) is 4.64. The summed E-state index contributed by atoms with van der Waals surface area (Å²) in [7, 11) is 0.735. The van der Waals surface area contributed by atoms with Gasteiger partial charge in [0.1, 0.15) is 5.75 Å². The van der Waals surface area contributed by atoms with E-state index in [1.807, 2.05) is 12.1 Å². The van der Waals surface area contributed by atoms with Crippen LogP contribution < -0.4 is 4.74 Å². The summed E-state index contributed by atoms with van der Waals surface area (Å²) in [5.74, 6) is 0.944. The zero-order valence-corrected chi connectivity index (χ0v) is 9.92. The Morgan fingerprint density at radius 2 is 1.62 bits per heavy atom. The summed E-state index contributed by atoms with van der Waals surface area (Å²) in [5, 5.41) is 0. The molecule has 72 valence electrons. The first-order valence-corrected chi connectivity index (χ1v) is 8.35. The van der Waals surface area contributed by atoms with E-state index in [2.05, 4.69) is 31.8 Å². The van der Waals surface area contributed by atoms with E-state index in [1.54, 1.807) is 7.11 Å². The van der Waals surface area contributed by atoms with E-state index in [0.29, 0.717) is 0 Å². The van der Waals surface area contributed by atoms with E-state index >= 15 is 0 Å². The second-order valence-corrected chi connectivity index (χ2v) is 10.1. The molecule has 1 aromatic carbocycles. The Balaban J connectivity index is 2.70. The predicted molar refractivity (Wildman–Crippen MR) is 60.0 cm³/mol. The van der Waals surface area contributed by atoms with Crippen molar-refractivity contribution in [1.82, 2.24) is 0 Å². The van der Waals surface area contributed by atoms with Crippen LogP contribution in [0.4, 0.5) is 0 Å². The molecule has 0 aliphatic heterocycles. The zero-order valence-electron chi connectivity index (χ0n) is 8.92. The number of benzene rings is 1. The van der Waals surface area contributed by atoms with E-state index in [0.717, 1.165) is 5.75 Å². The van der Waals surface area contributed by atoms with Crippen molar-refractivity contribution in [3.05, 3.63) is 29.8 Å². The van der Waals surface area contributed by atoms with Gasteiger partial charge in [0.05, 0.1) is 7.11 Å². The van der Waals surface area contributed by atoms with Crippen molar-refractivity contribution in [3.63, 3.8) is 0 Å². The number of methoxy groups -OCH3 is 1. The Labute approximate surface area is 81.8 Å². The minimum atomic E-state index is -0.966. The highest BCUT2D eigenvalue weighted by Gasteiger charge is 2.13. The average Bonchev–Trinajstić information content (AvgIpc) is 2.03. The number of ether oxygens (including phenoxy) is 1. The van der Waals surface area contributed by atoms with Crippen LogP contribution in [0.15, 0.2) is 24.3 Å². The summed E-state index contributed by atoms with van der Waals surface area (Å²) < 4.78 is 5.11. The average molecular weight is 194 g/mol. The molecule has 13 heavy (non-hydrogen) atoms. The van der Waals surface area contributed by atoms with Crippen molar-refractivity contribution in [2.45, 2.75) is 25.7 Å². The van der Waals surface area contributed by atoms with E-state index in [9.17, 15) is 0 Å². The van der Waals surface area contributed by atoms with Gasteiger partial charge in [-0.2, -0.15) is 0 Å². The second kappa shape index (κ2) is 3.96. The second-order valence-electron chi connectivity index (χ2n) is 4.59. The predicted octanol–water partition coefficient (Wildman–Crippen LogP) is 3.12. The van der Waals surface area contributed by atoms with Gasteiger partial charge in [-0.1, -0.05) is 37.3 Å². The minimum Gasteiger partial charge on any atom is -0.497 e. The summed E-state index contributed by atoms with van der Waals surface area (Å²) in [4.78, 5) is 0. The number of hydrogen-bond acceptors (Lipinski definition) is 1. The molecule has 1 nitrogen and oxygen atoms in total. The molecule has 0 aliphatic rings. The number of rotatable bonds is 3. The van der Waals surface area contributed by atoms with Gasteiger partial charge < -0.3 is 4.74 Å². The molecule has 0 aliphatic carbocycles. The van der Waals surface area contributed by atoms with Crippen molar-refractivity contribution >= 4 is 8.07 Å². The lowest BCUT2D eigenvalue weighted by Crippen LogP contribution is -2.23. The summed E-state index contributed by atoms with van der Waals surface area (Å²) in [5.41, 5.74) is 1.43. The maximum Gasteiger partial charge on any atom is 0.118 e. The maximum absolute atomic E-state index is 5.11. The molecular formula is C11H18OSi. The van der Waals surface area contributed by atoms with Crippen molar-refractivity contribution in [2.75, 3.05) is 7.11 Å². The molecular weight excluding hydrogens is 176 g/mol. The summed E-state index contributed by atoms with van der Waals surface area (Å²) >= 11 is 0. The third-order valence-corrected chi connectivity index (χ3v) is 3.36. The smallest absolute Gasteiger partial charge is 0.118 e. The van der Waals surface area contributed by atoms with Crippen LogP contribution in [0, 0.1) is 0 Å². The monoisotopic (exact) mass is 194 g/mol. The molecule has 0 spiro atoms. The first-order chi connectivity index (χ1) is 6.01. The van der Waals surface area contributed by atoms with Gasteiger partial charge in [-0.15, -0.1) is 0 Å². The quantitative estimate of drug-likeness (QED) is 0.672. The molecule has 0 aromatic heterocycles. The standard InChI is InChI=1S/C11H18OSi/c1-12-11-7-5-10(6-8-11)9-13(2,3)4/h5-8H,9H2,1-4H3. The van der Waals surface area contributed by atoms with Crippen LogP contribution in [0.25, 0.3) is 0 Å². The van der Waals surface area contributed by atoms with E-state index < -0.39 is 8.07 Å². The fourth-order valence-electron chi connectivity index (χ4n) is 1.36. The Hall–Kier alpha value is -0.763. The van der Waals surface area contributed by atoms with Gasteiger partial charge in [-0.25, -0.2) is 0 Å². The van der Waals surface area contributed by atoms with Gasteiger partial charge in [0, 0.05) is 8.07 Å². The third-order valence-electron chi connectivity index (χ3n) is 1.89. The molecule has 1 rings (SSSR count). The molecule has 1 aromatic rings. The normalized spacial score (nSPS) is 11.4. The highest BCUT2D eigenvalue weighted by atomic mass is 28.3. The van der Waals surface area contributed by atoms with Crippen LogP contribution in [0.1, 0.15) is 5.56 Å². The molecule has 0 fully saturated rings. The van der Waals surface area contributed by atoms with E-state index in [-0.39, 0.29) is 0 Å². The molecule has 0 heterocycles. The molecule has 0 atom stereocenters. The molecule has 0 bridgehead atoms. The molecule has 0 unspecified atom stereocenters. The Morgan fingerprint density at radius 3 is 2.00 bits per heavy atom. The van der Waals surface area contributed by atoms with Crippen LogP contribution >= 0.6 is 0 Å². The van der Waals surface area contributed by atoms with Crippen molar-refractivity contribution in [3.8, 4) is 5.75 Å². The lowest BCUT2D eigenvalue weighted by Gasteiger charge is -2.15. The fourth-order valence-corrected chi connectivity index (χ4v) is 2.82. The van der Waals surface area contributed by atoms with Gasteiger partial charge >= 0.3 is 0 Å². The van der Waals surface area contributed by atoms with Crippen molar-refractivity contribution in [1.29, 1.82) is 0 Å². The van der Waals surface area contributed by atoms with E-state index in [4.69, 9.17) is 4.74 Å². The summed E-state index contributed by atoms with van der Waals surface area (Å²) in [6, 6.07) is 9.65. The highest BCUT2D eigenvalue weighted by molar-refractivity contribution is 6.75. The highest BCUT2D eigenvalue weighted by Crippen LogP contribution is 2.15. The summed E-state index contributed by atoms with van der Waals surface area (Å²) in [6.07, 6.45) is 0. The molecule has 0 N–H and O–H groups in total. The first kappa shape index (κ1) is 10.3. The van der Waals surface area contributed by atoms with Crippen LogP contribution in [0.5, 0.6) is 5.75 Å². The van der Waals surface area contributed by atoms with Crippen molar-refractivity contribution in [2.24, 2.45) is 0 Å². The largest absolute Gasteiger partial charge is 0.497 e. The molecule has 0 saturated heterocycles. The zero-order chi connectivity index (χ0) is 9.90. The maximum atomic E-state index is 5.11. The lowest BCUT2D eigenvalue weighted by molar-refractivity contribution is 0.414. The van der Waals surface area contributed by atoms with Crippen LogP contribution in [-0.4, -0.2) is 15.2 Å². The SMILES string of the molecule is COc1ccc(C[Si](C)(C)C)cc1. The molecule has 2 heteroatoms. The van der Waals surface area contributed by atoms with Crippen LogP contribution in [-0.2, 0) is 6.04 Å². The van der Waals surface area contributed by atoms with Gasteiger partial charge in [0.15, 0.2) is 0 Å². The topological polar surface area (TPSA) is 9.23 Å². The Morgan fingerprint density at radius 1 is 1.08 bits per heavy atom. The van der Waals surface area contributed by atoms with Crippen LogP contribution in [0.2, 0.25) is 19.6 Å².